The van der Waals surface area contributed by atoms with Crippen molar-refractivity contribution < 1.29 is 14.3 Å². The minimum Gasteiger partial charge on any atom is -0.496 e. The zero-order valence-electron chi connectivity index (χ0n) is 15.8. The third kappa shape index (κ3) is 2.65. The summed E-state index contributed by atoms with van der Waals surface area (Å²) in [5, 5.41) is 7.69. The van der Waals surface area contributed by atoms with Gasteiger partial charge in [0, 0.05) is 24.0 Å². The summed E-state index contributed by atoms with van der Waals surface area (Å²) < 4.78 is 11.9. The molecule has 0 bridgehead atoms. The second-order valence-corrected chi connectivity index (χ2v) is 7.38. The number of hydrogen-bond acceptors (Lipinski definition) is 5. The number of nitrogens with one attached hydrogen (secondary N) is 1. The molecule has 1 N–H and O–H groups in total. The van der Waals surface area contributed by atoms with Crippen LogP contribution in [0.15, 0.2) is 36.5 Å². The van der Waals surface area contributed by atoms with Crippen LogP contribution in [0.25, 0.3) is 11.0 Å². The average molecular weight is 378 g/mol. The van der Waals surface area contributed by atoms with Crippen molar-refractivity contribution in [1.29, 1.82) is 0 Å². The number of carbonyl (C=O) groups excluding carboxylic acids is 1. The molecule has 2 aliphatic heterocycles. The van der Waals surface area contributed by atoms with Crippen molar-refractivity contribution in [3.63, 3.8) is 0 Å². The molecular formula is C21H22N4O3. The number of ether oxygens (including phenoxy) is 2. The maximum atomic E-state index is 13.0. The van der Waals surface area contributed by atoms with E-state index in [0.717, 1.165) is 36.0 Å². The number of likely N-dealkylation sites (tertiary alicyclic amines) is 1. The number of aromatic amines is 1. The Morgan fingerprint density at radius 1 is 1.25 bits per heavy atom. The van der Waals surface area contributed by atoms with Gasteiger partial charge in [0.05, 0.1) is 19.9 Å². The number of fused-ring (bicyclic) bond motifs is 3. The number of methoxy groups -OCH3 is 1. The molecule has 1 spiro atoms. The van der Waals surface area contributed by atoms with Crippen LogP contribution >= 0.6 is 0 Å². The normalized spacial score (nSPS) is 18.2. The SMILES string of the molecule is COc1cccc2c1C1(CCN(C(=O)c3ccc4cn[nH]c4n3)CC1)OCC2. The molecule has 0 atom stereocenters. The number of aromatic nitrogens is 3. The number of amides is 1. The Balaban J connectivity index is 1.39. The second-order valence-electron chi connectivity index (χ2n) is 7.38. The predicted molar refractivity (Wildman–Crippen MR) is 103 cm³/mol. The summed E-state index contributed by atoms with van der Waals surface area (Å²) >= 11 is 0. The molecule has 0 unspecified atom stereocenters. The molecule has 5 rings (SSSR count). The quantitative estimate of drug-likeness (QED) is 0.742. The van der Waals surface area contributed by atoms with Crippen molar-refractivity contribution >= 4 is 16.9 Å². The van der Waals surface area contributed by atoms with E-state index in [1.54, 1.807) is 19.4 Å². The zero-order valence-corrected chi connectivity index (χ0v) is 15.8. The van der Waals surface area contributed by atoms with Gasteiger partial charge in [-0.15, -0.1) is 0 Å². The molecule has 7 nitrogen and oxygen atoms in total. The minimum absolute atomic E-state index is 0.0533. The first-order chi connectivity index (χ1) is 13.7. The number of H-pyrrole nitrogens is 1. The van der Waals surface area contributed by atoms with E-state index in [1.807, 2.05) is 23.1 Å². The molecule has 7 heteroatoms. The van der Waals surface area contributed by atoms with Crippen LogP contribution in [-0.2, 0) is 16.8 Å². The summed E-state index contributed by atoms with van der Waals surface area (Å²) in [5.41, 5.74) is 3.14. The molecular weight excluding hydrogens is 356 g/mol. The fourth-order valence-electron chi connectivity index (χ4n) is 4.47. The molecule has 2 aromatic heterocycles. The van der Waals surface area contributed by atoms with Crippen LogP contribution in [0.5, 0.6) is 5.75 Å². The lowest BCUT2D eigenvalue weighted by Gasteiger charge is -2.45. The van der Waals surface area contributed by atoms with Gasteiger partial charge in [0.25, 0.3) is 5.91 Å². The molecule has 144 valence electrons. The molecule has 0 aliphatic carbocycles. The van der Waals surface area contributed by atoms with Gasteiger partial charge in [0.15, 0.2) is 5.65 Å². The van der Waals surface area contributed by atoms with E-state index < -0.39 is 0 Å². The highest BCUT2D eigenvalue weighted by molar-refractivity contribution is 5.94. The number of nitrogens with zero attached hydrogens (tertiary/aromatic N) is 3. The first kappa shape index (κ1) is 17.2. The van der Waals surface area contributed by atoms with Gasteiger partial charge >= 0.3 is 0 Å². The third-order valence-electron chi connectivity index (χ3n) is 5.92. The lowest BCUT2D eigenvalue weighted by atomic mass is 9.78. The zero-order chi connectivity index (χ0) is 19.1. The van der Waals surface area contributed by atoms with Crippen molar-refractivity contribution in [2.24, 2.45) is 0 Å². The topological polar surface area (TPSA) is 80.3 Å². The maximum absolute atomic E-state index is 13.0. The molecule has 1 amide bonds. The van der Waals surface area contributed by atoms with Crippen LogP contribution in [0.3, 0.4) is 0 Å². The Hall–Kier alpha value is -2.93. The minimum atomic E-state index is -0.377. The van der Waals surface area contributed by atoms with Gasteiger partial charge in [-0.25, -0.2) is 4.98 Å². The van der Waals surface area contributed by atoms with Crippen molar-refractivity contribution in [2.45, 2.75) is 24.9 Å². The summed E-state index contributed by atoms with van der Waals surface area (Å²) in [6.45, 7) is 1.95. The van der Waals surface area contributed by atoms with Gasteiger partial charge in [-0.2, -0.15) is 5.10 Å². The third-order valence-corrected chi connectivity index (χ3v) is 5.92. The first-order valence-electron chi connectivity index (χ1n) is 9.60. The second kappa shape index (κ2) is 6.60. The van der Waals surface area contributed by atoms with Gasteiger partial charge in [-0.3, -0.25) is 9.89 Å². The highest BCUT2D eigenvalue weighted by Crippen LogP contribution is 2.45. The lowest BCUT2D eigenvalue weighted by molar-refractivity contribution is -0.0947. The van der Waals surface area contributed by atoms with E-state index in [1.165, 1.54) is 5.56 Å². The Morgan fingerprint density at radius 3 is 2.93 bits per heavy atom. The average Bonchev–Trinajstić information content (AvgIpc) is 3.21. The van der Waals surface area contributed by atoms with Gasteiger partial charge in [0.1, 0.15) is 17.0 Å². The molecule has 3 aromatic rings. The van der Waals surface area contributed by atoms with Crippen molar-refractivity contribution in [1.82, 2.24) is 20.1 Å². The molecule has 1 fully saturated rings. The van der Waals surface area contributed by atoms with Crippen molar-refractivity contribution in [3.8, 4) is 5.75 Å². The largest absolute Gasteiger partial charge is 0.496 e. The van der Waals surface area contributed by atoms with Gasteiger partial charge < -0.3 is 14.4 Å². The molecule has 0 radical (unpaired) electrons. The maximum Gasteiger partial charge on any atom is 0.272 e. The number of benzene rings is 1. The van der Waals surface area contributed by atoms with Crippen molar-refractivity contribution in [2.75, 3.05) is 26.8 Å². The highest BCUT2D eigenvalue weighted by atomic mass is 16.5. The first-order valence-corrected chi connectivity index (χ1v) is 9.60. The number of pyridine rings is 1. The lowest BCUT2D eigenvalue weighted by Crippen LogP contribution is -2.48. The van der Waals surface area contributed by atoms with Crippen LogP contribution in [0.2, 0.25) is 0 Å². The van der Waals surface area contributed by atoms with E-state index in [4.69, 9.17) is 9.47 Å². The fraction of sp³-hybridized carbons (Fsp3) is 0.381. The van der Waals surface area contributed by atoms with Crippen LogP contribution in [0.4, 0.5) is 0 Å². The van der Waals surface area contributed by atoms with Gasteiger partial charge in [-0.05, 0) is 43.0 Å². The van der Waals surface area contributed by atoms with E-state index in [2.05, 4.69) is 21.2 Å². The molecule has 28 heavy (non-hydrogen) atoms. The highest BCUT2D eigenvalue weighted by Gasteiger charge is 2.43. The van der Waals surface area contributed by atoms with Gasteiger partial charge in [0.2, 0.25) is 0 Å². The van der Waals surface area contributed by atoms with E-state index in [9.17, 15) is 4.79 Å². The molecule has 4 heterocycles. The monoisotopic (exact) mass is 378 g/mol. The Kier molecular flexibility index (Phi) is 4.05. The van der Waals surface area contributed by atoms with E-state index in [0.29, 0.717) is 31.0 Å². The standard InChI is InChI=1S/C21H22N4O3/c1-27-17-4-2-3-14-7-12-28-21(18(14)17)8-10-25(11-9-21)20(26)16-6-5-15-13-22-24-19(15)23-16/h2-6,13H,7-12H2,1H3,(H,22,23,24). The Bertz CT molecular complexity index is 1020. The van der Waals surface area contributed by atoms with Crippen LogP contribution in [-0.4, -0.2) is 52.8 Å². The van der Waals surface area contributed by atoms with Crippen LogP contribution < -0.4 is 4.74 Å². The van der Waals surface area contributed by atoms with E-state index >= 15 is 0 Å². The molecule has 1 aromatic carbocycles. The molecule has 1 saturated heterocycles. The molecule has 2 aliphatic rings. The number of piperidine rings is 1. The number of hydrogen-bond donors (Lipinski definition) is 1. The summed E-state index contributed by atoms with van der Waals surface area (Å²) in [7, 11) is 1.70. The summed E-state index contributed by atoms with van der Waals surface area (Å²) in [5.74, 6) is 0.825. The van der Waals surface area contributed by atoms with Crippen molar-refractivity contribution in [3.05, 3.63) is 53.3 Å². The Morgan fingerprint density at radius 2 is 2.11 bits per heavy atom. The summed E-state index contributed by atoms with van der Waals surface area (Å²) in [6.07, 6.45) is 4.09. The molecule has 0 saturated carbocycles. The fourth-order valence-corrected chi connectivity index (χ4v) is 4.47. The smallest absolute Gasteiger partial charge is 0.272 e. The Labute approximate surface area is 162 Å². The van der Waals surface area contributed by atoms with E-state index in [-0.39, 0.29) is 11.5 Å². The number of rotatable bonds is 2. The van der Waals surface area contributed by atoms with Crippen LogP contribution in [0, 0.1) is 0 Å². The number of carbonyl (C=O) groups is 1. The predicted octanol–water partition coefficient (Wildman–Crippen LogP) is 2.67. The van der Waals surface area contributed by atoms with Crippen LogP contribution in [0.1, 0.15) is 34.5 Å². The summed E-state index contributed by atoms with van der Waals surface area (Å²) in [4.78, 5) is 19.2. The summed E-state index contributed by atoms with van der Waals surface area (Å²) in [6, 6.07) is 9.82. The van der Waals surface area contributed by atoms with Gasteiger partial charge in [-0.1, -0.05) is 12.1 Å².